The number of carboxylic acids is 2. The van der Waals surface area contributed by atoms with E-state index in [9.17, 15) is 19.8 Å². The number of carboxylic acid groups (broad SMARTS) is 2. The summed E-state index contributed by atoms with van der Waals surface area (Å²) in [6, 6.07) is 0. The van der Waals surface area contributed by atoms with Crippen molar-refractivity contribution in [2.75, 3.05) is 0 Å². The van der Waals surface area contributed by atoms with Crippen molar-refractivity contribution < 1.29 is 57.5 Å². The normalized spacial score (nSPS) is 10.6. The van der Waals surface area contributed by atoms with E-state index < -0.39 is 17.4 Å². The number of rotatable bonds is 16. The van der Waals surface area contributed by atoms with Crippen LogP contribution in [0.5, 0.6) is 0 Å². The molecular formula is C19H34Li2O4. The predicted molar refractivity (Wildman–Crippen MR) is 88.4 cm³/mol. The molecule has 0 fully saturated rings. The maximum absolute atomic E-state index is 11.3. The zero-order chi connectivity index (χ0) is 17.6. The van der Waals surface area contributed by atoms with Crippen molar-refractivity contribution in [3.63, 3.8) is 0 Å². The largest absolute Gasteiger partial charge is 1.00 e. The molecule has 136 valence electrons. The maximum atomic E-state index is 11.3. The Labute approximate surface area is 178 Å². The van der Waals surface area contributed by atoms with E-state index in [0.29, 0.717) is 12.8 Å². The smallest absolute Gasteiger partial charge is 0.549 e. The van der Waals surface area contributed by atoms with E-state index >= 15 is 0 Å². The average Bonchev–Trinajstić information content (AvgIpc) is 2.51. The number of hydrogen-bond acceptors (Lipinski definition) is 4. The third-order valence-electron chi connectivity index (χ3n) is 4.70. The van der Waals surface area contributed by atoms with Crippen LogP contribution in [0.4, 0.5) is 0 Å². The van der Waals surface area contributed by atoms with Crippen LogP contribution in [0, 0.1) is 5.41 Å². The molecule has 0 saturated heterocycles. The van der Waals surface area contributed by atoms with Crippen LogP contribution in [0.25, 0.3) is 0 Å². The van der Waals surface area contributed by atoms with Gasteiger partial charge in [0.05, 0.1) is 11.9 Å². The molecule has 0 N–H and O–H groups in total. The predicted octanol–water partition coefficient (Wildman–Crippen LogP) is -3.02. The SMILES string of the molecule is CCCCCCCCCCCCC(CCCC)(C(=O)[O-])C(=O)[O-].[Li+].[Li+]. The minimum absolute atomic E-state index is 0. The Morgan fingerprint density at radius 1 is 0.600 bits per heavy atom. The van der Waals surface area contributed by atoms with Crippen LogP contribution in [0.1, 0.15) is 104 Å². The minimum Gasteiger partial charge on any atom is -0.549 e. The third kappa shape index (κ3) is 13.0. The van der Waals surface area contributed by atoms with E-state index in [0.717, 1.165) is 25.7 Å². The van der Waals surface area contributed by atoms with Gasteiger partial charge in [0.2, 0.25) is 0 Å². The van der Waals surface area contributed by atoms with Crippen molar-refractivity contribution in [3.8, 4) is 0 Å². The van der Waals surface area contributed by atoms with Crippen LogP contribution in [0.15, 0.2) is 0 Å². The topological polar surface area (TPSA) is 80.3 Å². The van der Waals surface area contributed by atoms with Crippen LogP contribution in [0.2, 0.25) is 0 Å². The van der Waals surface area contributed by atoms with Crippen molar-refractivity contribution in [2.24, 2.45) is 5.41 Å². The Kier molecular flexibility index (Phi) is 22.6. The molecule has 0 heterocycles. The van der Waals surface area contributed by atoms with Gasteiger partial charge in [-0.15, -0.1) is 0 Å². The zero-order valence-corrected chi connectivity index (χ0v) is 17.0. The zero-order valence-electron chi connectivity index (χ0n) is 17.0. The minimum atomic E-state index is -1.80. The second-order valence-corrected chi connectivity index (χ2v) is 6.69. The van der Waals surface area contributed by atoms with Gasteiger partial charge in [-0.2, -0.15) is 0 Å². The monoisotopic (exact) mass is 340 g/mol. The summed E-state index contributed by atoms with van der Waals surface area (Å²) in [6.45, 7) is 4.12. The van der Waals surface area contributed by atoms with E-state index in [2.05, 4.69) is 6.92 Å². The van der Waals surface area contributed by atoms with Crippen molar-refractivity contribution in [2.45, 2.75) is 104 Å². The molecule has 0 aliphatic rings. The fraction of sp³-hybridized carbons (Fsp3) is 0.895. The molecule has 0 aromatic rings. The Hall–Kier alpha value is 0.135. The Morgan fingerprint density at radius 3 is 1.28 bits per heavy atom. The molecule has 6 heteroatoms. The van der Waals surface area contributed by atoms with Gasteiger partial charge in [-0.05, 0) is 12.8 Å². The first kappa shape index (κ1) is 29.9. The summed E-state index contributed by atoms with van der Waals surface area (Å²) in [5, 5.41) is 22.7. The first-order valence-electron chi connectivity index (χ1n) is 9.44. The summed E-state index contributed by atoms with van der Waals surface area (Å²) in [5.74, 6) is -2.97. The van der Waals surface area contributed by atoms with E-state index in [1.165, 1.54) is 38.5 Å². The van der Waals surface area contributed by atoms with Crippen LogP contribution in [-0.4, -0.2) is 11.9 Å². The van der Waals surface area contributed by atoms with Gasteiger partial charge in [-0.3, -0.25) is 0 Å². The Bertz CT molecular complexity index is 321. The Balaban J connectivity index is -0.00000242. The average molecular weight is 340 g/mol. The summed E-state index contributed by atoms with van der Waals surface area (Å²) in [7, 11) is 0. The second-order valence-electron chi connectivity index (χ2n) is 6.69. The summed E-state index contributed by atoms with van der Waals surface area (Å²) in [5.41, 5.74) is -1.80. The van der Waals surface area contributed by atoms with Gasteiger partial charge >= 0.3 is 37.7 Å². The van der Waals surface area contributed by atoms with Crippen LogP contribution >= 0.6 is 0 Å². The Morgan fingerprint density at radius 2 is 0.920 bits per heavy atom. The molecule has 25 heavy (non-hydrogen) atoms. The van der Waals surface area contributed by atoms with Gasteiger partial charge in [-0.1, -0.05) is 90.9 Å². The molecular weight excluding hydrogens is 306 g/mol. The molecule has 0 aromatic carbocycles. The van der Waals surface area contributed by atoms with Crippen LogP contribution in [-0.2, 0) is 9.59 Å². The molecule has 0 aliphatic heterocycles. The van der Waals surface area contributed by atoms with Gasteiger partial charge in [0.15, 0.2) is 0 Å². The molecule has 0 amide bonds. The fourth-order valence-electron chi connectivity index (χ4n) is 3.01. The number of carbonyl (C=O) groups is 2. The number of hydrogen-bond donors (Lipinski definition) is 0. The molecule has 0 unspecified atom stereocenters. The number of unbranched alkanes of at least 4 members (excludes halogenated alkanes) is 10. The fourth-order valence-corrected chi connectivity index (χ4v) is 3.01. The van der Waals surface area contributed by atoms with Crippen LogP contribution < -0.4 is 47.9 Å². The molecule has 0 atom stereocenters. The van der Waals surface area contributed by atoms with E-state index in [4.69, 9.17) is 0 Å². The summed E-state index contributed by atoms with van der Waals surface area (Å²) in [6.07, 6.45) is 12.9. The van der Waals surface area contributed by atoms with Crippen molar-refractivity contribution in [1.29, 1.82) is 0 Å². The first-order chi connectivity index (χ1) is 11.0. The second kappa shape index (κ2) is 18.9. The van der Waals surface area contributed by atoms with Crippen molar-refractivity contribution in [3.05, 3.63) is 0 Å². The van der Waals surface area contributed by atoms with E-state index in [1.807, 2.05) is 6.92 Å². The summed E-state index contributed by atoms with van der Waals surface area (Å²) in [4.78, 5) is 22.7. The number of carbonyl (C=O) groups excluding carboxylic acids is 2. The van der Waals surface area contributed by atoms with Gasteiger partial charge in [0.1, 0.15) is 0 Å². The standard InChI is InChI=1S/C19H36O4.2Li/c1-3-5-7-8-9-10-11-12-13-14-16-19(17(20)21,18(22)23)15-6-4-2;;/h3-16H2,1-2H3,(H,20,21)(H,22,23);;/q;2*+1/p-2. The molecule has 4 nitrogen and oxygen atoms in total. The van der Waals surface area contributed by atoms with Crippen LogP contribution in [0.3, 0.4) is 0 Å². The molecule has 0 rings (SSSR count). The molecule has 0 aliphatic carbocycles. The van der Waals surface area contributed by atoms with Gasteiger partial charge in [0.25, 0.3) is 0 Å². The molecule has 0 aromatic heterocycles. The van der Waals surface area contributed by atoms with Crippen molar-refractivity contribution >= 4 is 11.9 Å². The van der Waals surface area contributed by atoms with Gasteiger partial charge in [0, 0.05) is 5.41 Å². The summed E-state index contributed by atoms with van der Waals surface area (Å²) >= 11 is 0. The number of aliphatic carboxylic acids is 2. The molecule has 0 bridgehead atoms. The van der Waals surface area contributed by atoms with E-state index in [-0.39, 0.29) is 50.6 Å². The van der Waals surface area contributed by atoms with E-state index in [1.54, 1.807) is 0 Å². The van der Waals surface area contributed by atoms with Gasteiger partial charge < -0.3 is 19.8 Å². The maximum Gasteiger partial charge on any atom is 1.00 e. The quantitative estimate of drug-likeness (QED) is 0.170. The van der Waals surface area contributed by atoms with Crippen molar-refractivity contribution in [1.82, 2.24) is 0 Å². The summed E-state index contributed by atoms with van der Waals surface area (Å²) < 4.78 is 0. The third-order valence-corrected chi connectivity index (χ3v) is 4.70. The molecule has 0 saturated carbocycles. The first-order valence-corrected chi connectivity index (χ1v) is 9.44. The van der Waals surface area contributed by atoms with Gasteiger partial charge in [-0.25, -0.2) is 0 Å². The molecule has 0 radical (unpaired) electrons. The molecule has 0 spiro atoms.